The van der Waals surface area contributed by atoms with E-state index in [9.17, 15) is 4.79 Å². The molecule has 0 heterocycles. The Balaban J connectivity index is 2.57. The van der Waals surface area contributed by atoms with Crippen molar-refractivity contribution in [3.8, 4) is 5.75 Å². The number of hydrogen-bond donors (Lipinski definition) is 1. The lowest BCUT2D eigenvalue weighted by Crippen LogP contribution is -2.50. The summed E-state index contributed by atoms with van der Waals surface area (Å²) < 4.78 is 10.0. The Morgan fingerprint density at radius 3 is 2.44 bits per heavy atom. The van der Waals surface area contributed by atoms with Crippen molar-refractivity contribution < 1.29 is 14.3 Å². The standard InChI is InChI=1S/C12H17NO3/c1-9-4-6-10(7-5-9)16-8-12(2,13)11(14)15-3/h4-7H,8,13H2,1-3H3. The molecule has 0 aliphatic carbocycles. The summed E-state index contributed by atoms with van der Waals surface area (Å²) in [5.74, 6) is 0.200. The van der Waals surface area contributed by atoms with Gasteiger partial charge >= 0.3 is 5.97 Å². The van der Waals surface area contributed by atoms with Gasteiger partial charge in [0.05, 0.1) is 7.11 Å². The number of carbonyl (C=O) groups is 1. The van der Waals surface area contributed by atoms with Crippen LogP contribution in [-0.4, -0.2) is 25.2 Å². The highest BCUT2D eigenvalue weighted by molar-refractivity contribution is 5.80. The molecule has 0 fully saturated rings. The van der Waals surface area contributed by atoms with Gasteiger partial charge in [0, 0.05) is 0 Å². The summed E-state index contributed by atoms with van der Waals surface area (Å²) in [7, 11) is 1.30. The molecule has 1 atom stereocenters. The molecule has 0 radical (unpaired) electrons. The van der Waals surface area contributed by atoms with Crippen LogP contribution in [0.2, 0.25) is 0 Å². The van der Waals surface area contributed by atoms with Crippen LogP contribution in [0.3, 0.4) is 0 Å². The minimum Gasteiger partial charge on any atom is -0.491 e. The Kier molecular flexibility index (Phi) is 3.90. The van der Waals surface area contributed by atoms with Crippen LogP contribution in [-0.2, 0) is 9.53 Å². The van der Waals surface area contributed by atoms with E-state index in [-0.39, 0.29) is 6.61 Å². The zero-order chi connectivity index (χ0) is 12.2. The molecule has 0 bridgehead atoms. The van der Waals surface area contributed by atoms with Crippen LogP contribution in [0.15, 0.2) is 24.3 Å². The van der Waals surface area contributed by atoms with Crippen molar-refractivity contribution in [1.82, 2.24) is 0 Å². The highest BCUT2D eigenvalue weighted by Gasteiger charge is 2.30. The fourth-order valence-electron chi connectivity index (χ4n) is 1.16. The highest BCUT2D eigenvalue weighted by Crippen LogP contribution is 2.13. The second-order valence-electron chi connectivity index (χ2n) is 4.01. The molecule has 1 rings (SSSR count). The van der Waals surface area contributed by atoms with Gasteiger partial charge in [0.1, 0.15) is 17.9 Å². The number of carbonyl (C=O) groups excluding carboxylic acids is 1. The number of nitrogens with two attached hydrogens (primary N) is 1. The molecular weight excluding hydrogens is 206 g/mol. The van der Waals surface area contributed by atoms with Crippen molar-refractivity contribution in [2.24, 2.45) is 5.73 Å². The van der Waals surface area contributed by atoms with Crippen molar-refractivity contribution in [1.29, 1.82) is 0 Å². The molecule has 0 aromatic heterocycles. The highest BCUT2D eigenvalue weighted by atomic mass is 16.5. The van der Waals surface area contributed by atoms with E-state index in [2.05, 4.69) is 4.74 Å². The zero-order valence-electron chi connectivity index (χ0n) is 9.82. The fraction of sp³-hybridized carbons (Fsp3) is 0.417. The van der Waals surface area contributed by atoms with Crippen molar-refractivity contribution >= 4 is 5.97 Å². The van der Waals surface area contributed by atoms with E-state index in [1.54, 1.807) is 6.92 Å². The average Bonchev–Trinajstić information content (AvgIpc) is 2.27. The number of hydrogen-bond acceptors (Lipinski definition) is 4. The Bertz CT molecular complexity index is 357. The third-order valence-corrected chi connectivity index (χ3v) is 2.21. The molecule has 0 aliphatic heterocycles. The predicted octanol–water partition coefficient (Wildman–Crippen LogP) is 1.26. The molecule has 2 N–H and O–H groups in total. The molecule has 1 unspecified atom stereocenters. The van der Waals surface area contributed by atoms with Crippen molar-refractivity contribution in [2.75, 3.05) is 13.7 Å². The summed E-state index contributed by atoms with van der Waals surface area (Å²) in [4.78, 5) is 11.3. The Morgan fingerprint density at radius 1 is 1.38 bits per heavy atom. The van der Waals surface area contributed by atoms with Gasteiger partial charge < -0.3 is 15.2 Å². The summed E-state index contributed by atoms with van der Waals surface area (Å²) in [5.41, 5.74) is 5.77. The normalized spacial score (nSPS) is 14.0. The Hall–Kier alpha value is -1.55. The van der Waals surface area contributed by atoms with Gasteiger partial charge in [-0.3, -0.25) is 0 Å². The molecular formula is C12H17NO3. The van der Waals surface area contributed by atoms with Crippen LogP contribution in [0, 0.1) is 6.92 Å². The fourth-order valence-corrected chi connectivity index (χ4v) is 1.16. The molecule has 0 saturated heterocycles. The first-order chi connectivity index (χ1) is 7.45. The van der Waals surface area contributed by atoms with Gasteiger partial charge in [-0.2, -0.15) is 0 Å². The van der Waals surface area contributed by atoms with Crippen molar-refractivity contribution in [2.45, 2.75) is 19.4 Å². The Morgan fingerprint density at radius 2 is 1.94 bits per heavy atom. The molecule has 4 heteroatoms. The Labute approximate surface area is 95.3 Å². The van der Waals surface area contributed by atoms with E-state index in [1.807, 2.05) is 31.2 Å². The lowest BCUT2D eigenvalue weighted by Gasteiger charge is -2.21. The first-order valence-corrected chi connectivity index (χ1v) is 5.02. The number of aryl methyl sites for hydroxylation is 1. The maximum absolute atomic E-state index is 11.3. The van der Waals surface area contributed by atoms with Gasteiger partial charge in [-0.25, -0.2) is 4.79 Å². The van der Waals surface area contributed by atoms with Gasteiger partial charge in [0.25, 0.3) is 0 Å². The molecule has 1 aromatic carbocycles. The second-order valence-corrected chi connectivity index (χ2v) is 4.01. The number of benzene rings is 1. The monoisotopic (exact) mass is 223 g/mol. The SMILES string of the molecule is COC(=O)C(C)(N)COc1ccc(C)cc1. The largest absolute Gasteiger partial charge is 0.491 e. The summed E-state index contributed by atoms with van der Waals surface area (Å²) in [6.45, 7) is 3.65. The number of rotatable bonds is 4. The topological polar surface area (TPSA) is 61.5 Å². The van der Waals surface area contributed by atoms with Crippen molar-refractivity contribution in [3.63, 3.8) is 0 Å². The van der Waals surface area contributed by atoms with Crippen LogP contribution in [0.1, 0.15) is 12.5 Å². The number of ether oxygens (including phenoxy) is 2. The van der Waals surface area contributed by atoms with Gasteiger partial charge in [0.2, 0.25) is 0 Å². The van der Waals surface area contributed by atoms with Crippen LogP contribution < -0.4 is 10.5 Å². The van der Waals surface area contributed by atoms with E-state index >= 15 is 0 Å². The maximum Gasteiger partial charge on any atom is 0.329 e. The maximum atomic E-state index is 11.3. The average molecular weight is 223 g/mol. The van der Waals surface area contributed by atoms with Gasteiger partial charge in [-0.05, 0) is 26.0 Å². The summed E-state index contributed by atoms with van der Waals surface area (Å²) in [6, 6.07) is 7.54. The summed E-state index contributed by atoms with van der Waals surface area (Å²) in [5, 5.41) is 0. The van der Waals surface area contributed by atoms with Crippen LogP contribution >= 0.6 is 0 Å². The van der Waals surface area contributed by atoms with E-state index < -0.39 is 11.5 Å². The van der Waals surface area contributed by atoms with E-state index in [0.717, 1.165) is 5.56 Å². The minimum atomic E-state index is -1.13. The van der Waals surface area contributed by atoms with Gasteiger partial charge in [0.15, 0.2) is 0 Å². The molecule has 0 amide bonds. The molecule has 16 heavy (non-hydrogen) atoms. The van der Waals surface area contributed by atoms with Crippen LogP contribution in [0.4, 0.5) is 0 Å². The molecule has 4 nitrogen and oxygen atoms in total. The molecule has 88 valence electrons. The van der Waals surface area contributed by atoms with Gasteiger partial charge in [-0.15, -0.1) is 0 Å². The number of methoxy groups -OCH3 is 1. The third-order valence-electron chi connectivity index (χ3n) is 2.21. The minimum absolute atomic E-state index is 0.0860. The molecule has 1 aromatic rings. The predicted molar refractivity (Wildman–Crippen MR) is 61.3 cm³/mol. The van der Waals surface area contributed by atoms with Crippen LogP contribution in [0.5, 0.6) is 5.75 Å². The van der Waals surface area contributed by atoms with Crippen LogP contribution in [0.25, 0.3) is 0 Å². The molecule has 0 spiro atoms. The quantitative estimate of drug-likeness (QED) is 0.781. The smallest absolute Gasteiger partial charge is 0.329 e. The summed E-state index contributed by atoms with van der Waals surface area (Å²) >= 11 is 0. The first-order valence-electron chi connectivity index (χ1n) is 5.02. The van der Waals surface area contributed by atoms with E-state index in [1.165, 1.54) is 7.11 Å². The molecule has 0 saturated carbocycles. The lowest BCUT2D eigenvalue weighted by atomic mass is 10.1. The van der Waals surface area contributed by atoms with E-state index in [0.29, 0.717) is 5.75 Å². The lowest BCUT2D eigenvalue weighted by molar-refractivity contribution is -0.147. The van der Waals surface area contributed by atoms with Gasteiger partial charge in [-0.1, -0.05) is 17.7 Å². The third kappa shape index (κ3) is 3.24. The molecule has 0 aliphatic rings. The number of esters is 1. The first kappa shape index (κ1) is 12.5. The summed E-state index contributed by atoms with van der Waals surface area (Å²) in [6.07, 6.45) is 0. The second kappa shape index (κ2) is 4.99. The van der Waals surface area contributed by atoms with E-state index in [4.69, 9.17) is 10.5 Å². The van der Waals surface area contributed by atoms with Crippen molar-refractivity contribution in [3.05, 3.63) is 29.8 Å². The zero-order valence-corrected chi connectivity index (χ0v) is 9.82.